The number of methoxy groups -OCH3 is 1. The fourth-order valence-corrected chi connectivity index (χ4v) is 2.41. The lowest BCUT2D eigenvalue weighted by molar-refractivity contribution is -0.150. The maximum atomic E-state index is 11.8. The summed E-state index contributed by atoms with van der Waals surface area (Å²) in [6, 6.07) is 14.9. The van der Waals surface area contributed by atoms with Crippen LogP contribution < -0.4 is 14.8 Å². The van der Waals surface area contributed by atoms with E-state index in [1.165, 1.54) is 0 Å². The molecule has 6 heteroatoms. The van der Waals surface area contributed by atoms with Gasteiger partial charge in [-0.25, -0.2) is 4.79 Å². The first-order valence-electron chi connectivity index (χ1n) is 8.76. The highest BCUT2D eigenvalue weighted by Gasteiger charge is 2.11. The molecule has 0 aliphatic carbocycles. The Kier molecular flexibility index (Phi) is 7.67. The van der Waals surface area contributed by atoms with E-state index in [0.717, 1.165) is 16.9 Å². The van der Waals surface area contributed by atoms with E-state index < -0.39 is 5.97 Å². The Bertz CT molecular complexity index is 755. The number of amides is 1. The maximum Gasteiger partial charge on any atom is 0.344 e. The van der Waals surface area contributed by atoms with Crippen molar-refractivity contribution in [3.8, 4) is 11.5 Å². The van der Waals surface area contributed by atoms with Crippen molar-refractivity contribution in [2.75, 3.05) is 20.3 Å². The number of hydrogen-bond acceptors (Lipinski definition) is 5. The van der Waals surface area contributed by atoms with Crippen molar-refractivity contribution in [2.24, 2.45) is 0 Å². The normalized spacial score (nSPS) is 10.4. The van der Waals surface area contributed by atoms with Crippen LogP contribution in [0.15, 0.2) is 48.5 Å². The van der Waals surface area contributed by atoms with Gasteiger partial charge in [-0.2, -0.15) is 0 Å². The van der Waals surface area contributed by atoms with E-state index in [1.54, 1.807) is 7.11 Å². The highest BCUT2D eigenvalue weighted by Crippen LogP contribution is 2.25. The van der Waals surface area contributed by atoms with E-state index in [2.05, 4.69) is 5.32 Å². The van der Waals surface area contributed by atoms with Crippen LogP contribution in [0.3, 0.4) is 0 Å². The molecule has 0 saturated carbocycles. The summed E-state index contributed by atoms with van der Waals surface area (Å²) in [6.07, 6.45) is 0. The number of nitrogens with one attached hydrogen (secondary N) is 1. The SMILES string of the molecule is COc1ccc(CNC(=O)COC(=O)COc2ccccc2C(C)C)cc1. The van der Waals surface area contributed by atoms with Crippen molar-refractivity contribution in [1.82, 2.24) is 5.32 Å². The summed E-state index contributed by atoms with van der Waals surface area (Å²) >= 11 is 0. The van der Waals surface area contributed by atoms with Crippen LogP contribution >= 0.6 is 0 Å². The summed E-state index contributed by atoms with van der Waals surface area (Å²) in [5.74, 6) is 0.710. The zero-order chi connectivity index (χ0) is 19.6. The third kappa shape index (κ3) is 6.66. The van der Waals surface area contributed by atoms with Gasteiger partial charge in [0.25, 0.3) is 5.91 Å². The van der Waals surface area contributed by atoms with Gasteiger partial charge in [0.2, 0.25) is 0 Å². The summed E-state index contributed by atoms with van der Waals surface area (Å²) in [5, 5.41) is 2.69. The van der Waals surface area contributed by atoms with Crippen LogP contribution in [0.25, 0.3) is 0 Å². The Morgan fingerprint density at radius 1 is 1.00 bits per heavy atom. The number of rotatable bonds is 9. The van der Waals surface area contributed by atoms with Gasteiger partial charge in [0.15, 0.2) is 13.2 Å². The average molecular weight is 371 g/mol. The average Bonchev–Trinajstić information content (AvgIpc) is 2.69. The van der Waals surface area contributed by atoms with Gasteiger partial charge in [-0.15, -0.1) is 0 Å². The maximum absolute atomic E-state index is 11.8. The van der Waals surface area contributed by atoms with Crippen molar-refractivity contribution >= 4 is 11.9 Å². The van der Waals surface area contributed by atoms with Crippen LogP contribution in [0.2, 0.25) is 0 Å². The molecule has 27 heavy (non-hydrogen) atoms. The van der Waals surface area contributed by atoms with E-state index >= 15 is 0 Å². The minimum atomic E-state index is -0.590. The number of benzene rings is 2. The molecule has 144 valence electrons. The van der Waals surface area contributed by atoms with Crippen LogP contribution in [0.5, 0.6) is 11.5 Å². The number of esters is 1. The molecule has 0 radical (unpaired) electrons. The van der Waals surface area contributed by atoms with E-state index in [-0.39, 0.29) is 25.0 Å². The van der Waals surface area contributed by atoms with Crippen LogP contribution in [-0.2, 0) is 20.9 Å². The van der Waals surface area contributed by atoms with Crippen LogP contribution in [-0.4, -0.2) is 32.2 Å². The summed E-state index contributed by atoms with van der Waals surface area (Å²) in [5.41, 5.74) is 1.94. The lowest BCUT2D eigenvalue weighted by Crippen LogP contribution is -2.29. The molecule has 0 unspecified atom stereocenters. The highest BCUT2D eigenvalue weighted by atomic mass is 16.6. The third-order valence-electron chi connectivity index (χ3n) is 3.90. The Hall–Kier alpha value is -3.02. The highest BCUT2D eigenvalue weighted by molar-refractivity contribution is 5.80. The molecular weight excluding hydrogens is 346 g/mol. The Morgan fingerprint density at radius 2 is 1.70 bits per heavy atom. The Balaban J connectivity index is 1.71. The topological polar surface area (TPSA) is 73.9 Å². The van der Waals surface area contributed by atoms with Crippen LogP contribution in [0.4, 0.5) is 0 Å². The first kappa shape index (κ1) is 20.3. The molecule has 0 atom stereocenters. The number of carbonyl (C=O) groups excluding carboxylic acids is 2. The molecule has 0 spiro atoms. The zero-order valence-electron chi connectivity index (χ0n) is 15.9. The van der Waals surface area contributed by atoms with Crippen LogP contribution in [0.1, 0.15) is 30.9 Å². The van der Waals surface area contributed by atoms with Gasteiger partial charge in [-0.3, -0.25) is 4.79 Å². The second-order valence-corrected chi connectivity index (χ2v) is 6.27. The minimum Gasteiger partial charge on any atom is -0.497 e. The molecule has 0 bridgehead atoms. The smallest absolute Gasteiger partial charge is 0.344 e. The first-order valence-corrected chi connectivity index (χ1v) is 8.76. The van der Waals surface area contributed by atoms with Crippen molar-refractivity contribution in [3.63, 3.8) is 0 Å². The van der Waals surface area contributed by atoms with Crippen molar-refractivity contribution < 1.29 is 23.8 Å². The zero-order valence-corrected chi connectivity index (χ0v) is 15.9. The van der Waals surface area contributed by atoms with Gasteiger partial charge < -0.3 is 19.5 Å². The molecule has 0 heterocycles. The predicted molar refractivity (Wildman–Crippen MR) is 102 cm³/mol. The number of para-hydroxylation sites is 1. The van der Waals surface area contributed by atoms with Crippen LogP contribution in [0, 0.1) is 0 Å². The Labute approximate surface area is 159 Å². The molecule has 0 fully saturated rings. The number of hydrogen-bond donors (Lipinski definition) is 1. The van der Waals surface area contributed by atoms with Crippen molar-refractivity contribution in [1.29, 1.82) is 0 Å². The summed E-state index contributed by atoms with van der Waals surface area (Å²) in [4.78, 5) is 23.6. The van der Waals surface area contributed by atoms with Gasteiger partial charge in [-0.05, 0) is 35.2 Å². The molecule has 0 aliphatic rings. The minimum absolute atomic E-state index is 0.241. The standard InChI is InChI=1S/C21H25NO5/c1-15(2)18-6-4-5-7-19(18)26-14-21(24)27-13-20(23)22-12-16-8-10-17(25-3)11-9-16/h4-11,15H,12-14H2,1-3H3,(H,22,23). The van der Waals surface area contributed by atoms with Gasteiger partial charge in [0.1, 0.15) is 11.5 Å². The van der Waals surface area contributed by atoms with Crippen molar-refractivity contribution in [2.45, 2.75) is 26.3 Å². The molecule has 1 amide bonds. The number of carbonyl (C=O) groups is 2. The van der Waals surface area contributed by atoms with Gasteiger partial charge >= 0.3 is 5.97 Å². The van der Waals surface area contributed by atoms with Crippen molar-refractivity contribution in [3.05, 3.63) is 59.7 Å². The van der Waals surface area contributed by atoms with Gasteiger partial charge in [0, 0.05) is 6.54 Å². The molecule has 2 aromatic rings. The van der Waals surface area contributed by atoms with Gasteiger partial charge in [-0.1, -0.05) is 44.2 Å². The number of ether oxygens (including phenoxy) is 3. The van der Waals surface area contributed by atoms with E-state index in [4.69, 9.17) is 14.2 Å². The van der Waals surface area contributed by atoms with E-state index in [0.29, 0.717) is 12.3 Å². The molecule has 6 nitrogen and oxygen atoms in total. The Morgan fingerprint density at radius 3 is 2.37 bits per heavy atom. The summed E-state index contributed by atoms with van der Waals surface area (Å²) in [6.45, 7) is 3.86. The monoisotopic (exact) mass is 371 g/mol. The van der Waals surface area contributed by atoms with E-state index in [9.17, 15) is 9.59 Å². The summed E-state index contributed by atoms with van der Waals surface area (Å²) in [7, 11) is 1.59. The summed E-state index contributed by atoms with van der Waals surface area (Å²) < 4.78 is 15.6. The molecule has 0 aliphatic heterocycles. The fraction of sp³-hybridized carbons (Fsp3) is 0.333. The fourth-order valence-electron chi connectivity index (χ4n) is 2.41. The lowest BCUT2D eigenvalue weighted by atomic mass is 10.0. The quantitative estimate of drug-likeness (QED) is 0.686. The molecule has 2 rings (SSSR count). The molecule has 0 aromatic heterocycles. The van der Waals surface area contributed by atoms with E-state index in [1.807, 2.05) is 62.4 Å². The first-order chi connectivity index (χ1) is 13.0. The molecular formula is C21H25NO5. The predicted octanol–water partition coefficient (Wildman–Crippen LogP) is 3.06. The second kappa shape index (κ2) is 10.2. The molecule has 1 N–H and O–H groups in total. The second-order valence-electron chi connectivity index (χ2n) is 6.27. The molecule has 2 aromatic carbocycles. The lowest BCUT2D eigenvalue weighted by Gasteiger charge is -2.13. The molecule has 0 saturated heterocycles. The van der Waals surface area contributed by atoms with Gasteiger partial charge in [0.05, 0.1) is 7.11 Å². The largest absolute Gasteiger partial charge is 0.497 e. The third-order valence-corrected chi connectivity index (χ3v) is 3.90.